The number of para-hydroxylation sites is 2. The molecule has 0 spiro atoms. The second-order valence-electron chi connectivity index (χ2n) is 10.5. The first-order valence-electron chi connectivity index (χ1n) is 12.8. The molecule has 1 atom stereocenters. The topological polar surface area (TPSA) is 96.0 Å². The number of hydrogen-bond donors (Lipinski definition) is 1. The van der Waals surface area contributed by atoms with Crippen molar-refractivity contribution in [3.05, 3.63) is 95.0 Å². The molecule has 0 saturated carbocycles. The number of amides is 2. The maximum Gasteiger partial charge on any atom is 0.244 e. The molecule has 0 fully saturated rings. The van der Waals surface area contributed by atoms with Gasteiger partial charge < -0.3 is 15.0 Å². The van der Waals surface area contributed by atoms with Crippen LogP contribution < -0.4 is 14.4 Å². The number of sulfonamides is 1. The van der Waals surface area contributed by atoms with Gasteiger partial charge in [0.1, 0.15) is 18.3 Å². The first-order valence-corrected chi connectivity index (χ1v) is 15.0. The Morgan fingerprint density at radius 1 is 0.925 bits per heavy atom. The van der Waals surface area contributed by atoms with Crippen molar-refractivity contribution < 1.29 is 22.7 Å². The van der Waals surface area contributed by atoms with E-state index in [1.165, 1.54) is 12.0 Å². The number of rotatable bonds is 11. The van der Waals surface area contributed by atoms with Crippen molar-refractivity contribution >= 4 is 39.1 Å². The standard InChI is InChI=1S/C30H36ClN3O5S/c1-30(2,3)32-29(36)26(19-22-11-7-6-8-12-22)33(20-23-15-17-24(31)18-16-23)28(35)21-34(40(5,37)38)25-13-9-10-14-27(25)39-4/h6-18,26H,19-21H2,1-5H3,(H,32,36)/t26-/m1/s1. The molecular formula is C30H36ClN3O5S. The van der Waals surface area contributed by atoms with Crippen LogP contribution in [-0.4, -0.2) is 56.6 Å². The van der Waals surface area contributed by atoms with E-state index in [0.717, 1.165) is 21.7 Å². The summed E-state index contributed by atoms with van der Waals surface area (Å²) >= 11 is 6.09. The fourth-order valence-electron chi connectivity index (χ4n) is 4.22. The number of nitrogens with one attached hydrogen (secondary N) is 1. The van der Waals surface area contributed by atoms with Crippen LogP contribution in [0, 0.1) is 0 Å². The fourth-order valence-corrected chi connectivity index (χ4v) is 5.20. The Morgan fingerprint density at radius 2 is 1.52 bits per heavy atom. The summed E-state index contributed by atoms with van der Waals surface area (Å²) in [6.45, 7) is 5.13. The molecule has 1 N–H and O–H groups in total. The number of methoxy groups -OCH3 is 1. The van der Waals surface area contributed by atoms with Gasteiger partial charge in [-0.2, -0.15) is 0 Å². The molecule has 0 aliphatic carbocycles. The minimum Gasteiger partial charge on any atom is -0.495 e. The summed E-state index contributed by atoms with van der Waals surface area (Å²) in [4.78, 5) is 29.3. The van der Waals surface area contributed by atoms with Crippen molar-refractivity contribution in [2.75, 3.05) is 24.2 Å². The molecule has 0 saturated heterocycles. The normalized spacial score (nSPS) is 12.3. The molecule has 3 aromatic carbocycles. The molecule has 3 rings (SSSR count). The molecule has 0 aliphatic rings. The number of halogens is 1. The van der Waals surface area contributed by atoms with Crippen molar-refractivity contribution in [3.63, 3.8) is 0 Å². The van der Waals surface area contributed by atoms with Crippen LogP contribution in [0.4, 0.5) is 5.69 Å². The first kappa shape index (κ1) is 31.0. The van der Waals surface area contributed by atoms with Crippen LogP contribution in [0.25, 0.3) is 0 Å². The van der Waals surface area contributed by atoms with Gasteiger partial charge in [-0.15, -0.1) is 0 Å². The third kappa shape index (κ3) is 8.72. The fraction of sp³-hybridized carbons (Fsp3) is 0.333. The minimum absolute atomic E-state index is 0.0641. The van der Waals surface area contributed by atoms with Gasteiger partial charge in [0.15, 0.2) is 0 Å². The summed E-state index contributed by atoms with van der Waals surface area (Å²) in [6.07, 6.45) is 1.26. The Kier molecular flexibility index (Phi) is 10.2. The maximum atomic E-state index is 14.1. The number of hydrogen-bond acceptors (Lipinski definition) is 5. The summed E-state index contributed by atoms with van der Waals surface area (Å²) in [5, 5.41) is 3.53. The summed E-state index contributed by atoms with van der Waals surface area (Å²) < 4.78 is 32.3. The highest BCUT2D eigenvalue weighted by atomic mass is 35.5. The lowest BCUT2D eigenvalue weighted by Crippen LogP contribution is -2.56. The molecule has 10 heteroatoms. The Hall–Kier alpha value is -3.56. The second kappa shape index (κ2) is 13.2. The van der Waals surface area contributed by atoms with E-state index in [-0.39, 0.29) is 24.6 Å². The van der Waals surface area contributed by atoms with Gasteiger partial charge >= 0.3 is 0 Å². The third-order valence-electron chi connectivity index (χ3n) is 6.07. The Labute approximate surface area is 241 Å². The van der Waals surface area contributed by atoms with E-state index in [9.17, 15) is 18.0 Å². The lowest BCUT2D eigenvalue weighted by atomic mass is 10.0. The highest BCUT2D eigenvalue weighted by Crippen LogP contribution is 2.30. The predicted molar refractivity (Wildman–Crippen MR) is 159 cm³/mol. The molecule has 0 radical (unpaired) electrons. The Morgan fingerprint density at radius 3 is 2.10 bits per heavy atom. The minimum atomic E-state index is -3.90. The predicted octanol–water partition coefficient (Wildman–Crippen LogP) is 4.67. The van der Waals surface area contributed by atoms with Gasteiger partial charge in [0.2, 0.25) is 21.8 Å². The van der Waals surface area contributed by atoms with Crippen LogP contribution in [0.15, 0.2) is 78.9 Å². The van der Waals surface area contributed by atoms with Crippen LogP contribution in [0.5, 0.6) is 5.75 Å². The SMILES string of the molecule is COc1ccccc1N(CC(=O)N(Cc1ccc(Cl)cc1)[C@H](Cc1ccccc1)C(=O)NC(C)(C)C)S(C)(=O)=O. The lowest BCUT2D eigenvalue weighted by molar-refractivity contribution is -0.140. The molecule has 3 aromatic rings. The quantitative estimate of drug-likeness (QED) is 0.353. The highest BCUT2D eigenvalue weighted by molar-refractivity contribution is 7.92. The number of carbonyl (C=O) groups is 2. The summed E-state index contributed by atoms with van der Waals surface area (Å²) in [5.74, 6) is -0.588. The summed E-state index contributed by atoms with van der Waals surface area (Å²) in [7, 11) is -2.47. The molecule has 0 heterocycles. The zero-order valence-corrected chi connectivity index (χ0v) is 25.0. The monoisotopic (exact) mass is 585 g/mol. The average molecular weight is 586 g/mol. The average Bonchev–Trinajstić information content (AvgIpc) is 2.89. The van der Waals surface area contributed by atoms with Gasteiger partial charge in [-0.25, -0.2) is 8.42 Å². The van der Waals surface area contributed by atoms with Crippen LogP contribution in [0.3, 0.4) is 0 Å². The van der Waals surface area contributed by atoms with Crippen LogP contribution in [-0.2, 0) is 32.6 Å². The first-order chi connectivity index (χ1) is 18.8. The number of nitrogens with zero attached hydrogens (tertiary/aromatic N) is 2. The van der Waals surface area contributed by atoms with Crippen molar-refractivity contribution in [1.29, 1.82) is 0 Å². The van der Waals surface area contributed by atoms with Gasteiger partial charge in [0.05, 0.1) is 19.1 Å². The van der Waals surface area contributed by atoms with E-state index in [2.05, 4.69) is 5.32 Å². The molecule has 2 amide bonds. The van der Waals surface area contributed by atoms with E-state index in [1.54, 1.807) is 48.5 Å². The summed E-state index contributed by atoms with van der Waals surface area (Å²) in [5.41, 5.74) is 1.26. The zero-order chi connectivity index (χ0) is 29.5. The van der Waals surface area contributed by atoms with Crippen LogP contribution in [0.1, 0.15) is 31.9 Å². The molecule has 8 nitrogen and oxygen atoms in total. The molecule has 0 aromatic heterocycles. The molecule has 40 heavy (non-hydrogen) atoms. The lowest BCUT2D eigenvalue weighted by Gasteiger charge is -2.35. The number of ether oxygens (including phenoxy) is 1. The maximum absolute atomic E-state index is 14.1. The number of anilines is 1. The van der Waals surface area contributed by atoms with Crippen molar-refractivity contribution in [2.45, 2.75) is 45.3 Å². The van der Waals surface area contributed by atoms with E-state index in [1.807, 2.05) is 51.1 Å². The van der Waals surface area contributed by atoms with Gasteiger partial charge in [0.25, 0.3) is 0 Å². The molecule has 0 unspecified atom stereocenters. The van der Waals surface area contributed by atoms with Crippen LogP contribution >= 0.6 is 11.6 Å². The van der Waals surface area contributed by atoms with Crippen molar-refractivity contribution in [1.82, 2.24) is 10.2 Å². The highest BCUT2D eigenvalue weighted by Gasteiger charge is 2.34. The van der Waals surface area contributed by atoms with Gasteiger partial charge in [0, 0.05) is 23.5 Å². The molecule has 0 bridgehead atoms. The third-order valence-corrected chi connectivity index (χ3v) is 7.45. The molecular weight excluding hydrogens is 550 g/mol. The molecule has 214 valence electrons. The largest absolute Gasteiger partial charge is 0.495 e. The Balaban J connectivity index is 2.09. The summed E-state index contributed by atoms with van der Waals surface area (Å²) in [6, 6.07) is 22.0. The van der Waals surface area contributed by atoms with Gasteiger partial charge in [-0.3, -0.25) is 13.9 Å². The van der Waals surface area contributed by atoms with E-state index >= 15 is 0 Å². The van der Waals surface area contributed by atoms with E-state index in [4.69, 9.17) is 16.3 Å². The van der Waals surface area contributed by atoms with Crippen LogP contribution in [0.2, 0.25) is 5.02 Å². The van der Waals surface area contributed by atoms with Crippen molar-refractivity contribution in [3.8, 4) is 5.75 Å². The van der Waals surface area contributed by atoms with Gasteiger partial charge in [-0.1, -0.05) is 66.2 Å². The second-order valence-corrected chi connectivity index (χ2v) is 12.9. The number of benzene rings is 3. The number of carbonyl (C=O) groups excluding carboxylic acids is 2. The van der Waals surface area contributed by atoms with E-state index < -0.39 is 34.1 Å². The van der Waals surface area contributed by atoms with Crippen molar-refractivity contribution in [2.24, 2.45) is 0 Å². The smallest absolute Gasteiger partial charge is 0.244 e. The van der Waals surface area contributed by atoms with Gasteiger partial charge in [-0.05, 0) is 56.2 Å². The van der Waals surface area contributed by atoms with E-state index in [0.29, 0.717) is 10.8 Å². The zero-order valence-electron chi connectivity index (χ0n) is 23.4. The molecule has 0 aliphatic heterocycles. The Bertz CT molecular complexity index is 1410.